The third-order valence-corrected chi connectivity index (χ3v) is 2.94. The van der Waals surface area contributed by atoms with Crippen LogP contribution < -0.4 is 0 Å². The molecule has 0 heterocycles. The van der Waals surface area contributed by atoms with E-state index in [1.165, 1.54) is 12.1 Å². The Morgan fingerprint density at radius 3 is 2.29 bits per heavy atom. The van der Waals surface area contributed by atoms with Gasteiger partial charge in [0.2, 0.25) is 5.44 Å². The molecule has 7 heteroatoms. The summed E-state index contributed by atoms with van der Waals surface area (Å²) in [7, 11) is -4.44. The van der Waals surface area contributed by atoms with Gasteiger partial charge in [-0.3, -0.25) is 4.55 Å². The van der Waals surface area contributed by atoms with Gasteiger partial charge in [-0.2, -0.15) is 8.42 Å². The van der Waals surface area contributed by atoms with Gasteiger partial charge in [-0.1, -0.05) is 30.3 Å². The number of hydrogen-bond donors (Lipinski definition) is 3. The third-order valence-electron chi connectivity index (χ3n) is 1.99. The first kappa shape index (κ1) is 14.1. The van der Waals surface area contributed by atoms with E-state index in [2.05, 4.69) is 0 Å². The van der Waals surface area contributed by atoms with Crippen molar-refractivity contribution in [2.45, 2.75) is 11.5 Å². The van der Waals surface area contributed by atoms with Crippen LogP contribution in [0.15, 0.2) is 30.3 Å². The molecule has 2 unspecified atom stereocenters. The molecule has 96 valence electrons. The lowest BCUT2D eigenvalue weighted by Gasteiger charge is -2.16. The quantitative estimate of drug-likeness (QED) is 0.621. The van der Waals surface area contributed by atoms with E-state index in [0.717, 1.165) is 0 Å². The van der Waals surface area contributed by atoms with E-state index in [0.29, 0.717) is 0 Å². The fourth-order valence-electron chi connectivity index (χ4n) is 1.22. The molecule has 0 aliphatic rings. The summed E-state index contributed by atoms with van der Waals surface area (Å²) in [6.45, 7) is -0.942. The molecular formula is C10H14O6S. The van der Waals surface area contributed by atoms with E-state index in [4.69, 9.17) is 19.5 Å². The van der Waals surface area contributed by atoms with Gasteiger partial charge in [-0.25, -0.2) is 0 Å². The topological polar surface area (TPSA) is 104 Å². The minimum Gasteiger partial charge on any atom is -0.394 e. The molecule has 0 aliphatic heterocycles. The van der Waals surface area contributed by atoms with Crippen molar-refractivity contribution in [2.24, 2.45) is 0 Å². The Labute approximate surface area is 99.2 Å². The molecule has 0 fully saturated rings. The Bertz CT molecular complexity index is 429. The van der Waals surface area contributed by atoms with Crippen molar-refractivity contribution in [3.05, 3.63) is 35.9 Å². The lowest BCUT2D eigenvalue weighted by atomic mass is 10.2. The summed E-state index contributed by atoms with van der Waals surface area (Å²) in [5.74, 6) is 0. The van der Waals surface area contributed by atoms with Gasteiger partial charge < -0.3 is 14.9 Å². The van der Waals surface area contributed by atoms with Crippen LogP contribution >= 0.6 is 0 Å². The molecule has 1 aromatic carbocycles. The number of ether oxygens (including phenoxy) is 1. The Balaban J connectivity index is 2.84. The summed E-state index contributed by atoms with van der Waals surface area (Å²) in [6.07, 6.45) is -1.19. The van der Waals surface area contributed by atoms with Crippen LogP contribution in [0.25, 0.3) is 0 Å². The van der Waals surface area contributed by atoms with Crippen LogP contribution in [0, 0.1) is 0 Å². The van der Waals surface area contributed by atoms with Crippen LogP contribution in [-0.4, -0.2) is 42.5 Å². The predicted octanol–water partition coefficient (Wildman–Crippen LogP) is -0.0572. The summed E-state index contributed by atoms with van der Waals surface area (Å²) < 4.78 is 36.2. The van der Waals surface area contributed by atoms with E-state index >= 15 is 0 Å². The molecule has 0 aliphatic carbocycles. The normalized spacial score (nSPS) is 15.5. The molecule has 17 heavy (non-hydrogen) atoms. The zero-order valence-corrected chi connectivity index (χ0v) is 9.75. The summed E-state index contributed by atoms with van der Waals surface area (Å²) in [6, 6.07) is 7.83. The maximum Gasteiger partial charge on any atom is 0.296 e. The number of aliphatic hydroxyl groups is 2. The highest BCUT2D eigenvalue weighted by Gasteiger charge is 2.26. The number of rotatable bonds is 6. The van der Waals surface area contributed by atoms with E-state index in [-0.39, 0.29) is 5.56 Å². The number of hydrogen-bond acceptors (Lipinski definition) is 5. The molecule has 0 bridgehead atoms. The molecule has 2 atom stereocenters. The maximum absolute atomic E-state index is 11.1. The van der Waals surface area contributed by atoms with Crippen LogP contribution in [0.3, 0.4) is 0 Å². The second kappa shape index (κ2) is 6.08. The van der Waals surface area contributed by atoms with Crippen molar-refractivity contribution in [3.8, 4) is 0 Å². The summed E-state index contributed by atoms with van der Waals surface area (Å²) in [5.41, 5.74) is -1.31. The smallest absolute Gasteiger partial charge is 0.296 e. The molecule has 0 amide bonds. The second-order valence-electron chi connectivity index (χ2n) is 3.43. The van der Waals surface area contributed by atoms with Crippen molar-refractivity contribution in [1.29, 1.82) is 0 Å². The Kier molecular flexibility index (Phi) is 5.03. The molecule has 3 N–H and O–H groups in total. The summed E-state index contributed by atoms with van der Waals surface area (Å²) in [4.78, 5) is 0. The van der Waals surface area contributed by atoms with Gasteiger partial charge >= 0.3 is 0 Å². The first-order chi connectivity index (χ1) is 7.95. The fourth-order valence-corrected chi connectivity index (χ4v) is 1.97. The molecule has 1 rings (SSSR count). The zero-order valence-electron chi connectivity index (χ0n) is 8.93. The van der Waals surface area contributed by atoms with E-state index in [1.54, 1.807) is 18.2 Å². The highest BCUT2D eigenvalue weighted by Crippen LogP contribution is 2.22. The number of benzene rings is 1. The number of aliphatic hydroxyl groups excluding tert-OH is 2. The standard InChI is InChI=1S/C10H14O6S/c11-6-9(12)7-16-10(17(13,14)15)8-4-2-1-3-5-8/h1-5,9-12H,6-7H2,(H,13,14,15). The summed E-state index contributed by atoms with van der Waals surface area (Å²) >= 11 is 0. The SMILES string of the molecule is O=S(=O)(O)C(OCC(O)CO)c1ccccc1. The van der Waals surface area contributed by atoms with Crippen molar-refractivity contribution in [2.75, 3.05) is 13.2 Å². The zero-order chi connectivity index (χ0) is 12.9. The highest BCUT2D eigenvalue weighted by atomic mass is 32.2. The van der Waals surface area contributed by atoms with Crippen LogP contribution in [0.2, 0.25) is 0 Å². The van der Waals surface area contributed by atoms with Crippen LogP contribution in [-0.2, 0) is 14.9 Å². The molecule has 0 radical (unpaired) electrons. The molecule has 1 aromatic rings. The molecule has 0 saturated carbocycles. The third kappa shape index (κ3) is 4.41. The molecule has 0 aromatic heterocycles. The first-order valence-electron chi connectivity index (χ1n) is 4.87. The van der Waals surface area contributed by atoms with Gasteiger partial charge in [0.15, 0.2) is 0 Å². The van der Waals surface area contributed by atoms with Crippen LogP contribution in [0.1, 0.15) is 11.0 Å². The van der Waals surface area contributed by atoms with Crippen molar-refractivity contribution >= 4 is 10.1 Å². The summed E-state index contributed by atoms with van der Waals surface area (Å²) in [5, 5.41) is 17.6. The average molecular weight is 262 g/mol. The van der Waals surface area contributed by atoms with Gasteiger partial charge in [-0.05, 0) is 5.56 Å². The van der Waals surface area contributed by atoms with Crippen molar-refractivity contribution in [1.82, 2.24) is 0 Å². The van der Waals surface area contributed by atoms with Gasteiger partial charge in [0.25, 0.3) is 10.1 Å². The van der Waals surface area contributed by atoms with Crippen LogP contribution in [0.5, 0.6) is 0 Å². The fraction of sp³-hybridized carbons (Fsp3) is 0.400. The first-order valence-corrected chi connectivity index (χ1v) is 6.37. The van der Waals surface area contributed by atoms with Gasteiger partial charge in [-0.15, -0.1) is 0 Å². The van der Waals surface area contributed by atoms with E-state index in [1.807, 2.05) is 0 Å². The highest BCUT2D eigenvalue weighted by molar-refractivity contribution is 7.85. The Morgan fingerprint density at radius 1 is 1.24 bits per heavy atom. The van der Waals surface area contributed by atoms with Crippen molar-refractivity contribution < 1.29 is 27.9 Å². The molecule has 0 saturated heterocycles. The lowest BCUT2D eigenvalue weighted by molar-refractivity contribution is -0.00734. The van der Waals surface area contributed by atoms with E-state index < -0.39 is 34.9 Å². The van der Waals surface area contributed by atoms with E-state index in [9.17, 15) is 8.42 Å². The molecule has 0 spiro atoms. The van der Waals surface area contributed by atoms with Gasteiger partial charge in [0, 0.05) is 0 Å². The largest absolute Gasteiger partial charge is 0.394 e. The Hall–Kier alpha value is -0.990. The van der Waals surface area contributed by atoms with Crippen molar-refractivity contribution in [3.63, 3.8) is 0 Å². The molecular weight excluding hydrogens is 248 g/mol. The molecule has 6 nitrogen and oxygen atoms in total. The minimum absolute atomic E-state index is 0.250. The minimum atomic E-state index is -4.44. The van der Waals surface area contributed by atoms with Crippen LogP contribution in [0.4, 0.5) is 0 Å². The monoisotopic (exact) mass is 262 g/mol. The predicted molar refractivity (Wildman–Crippen MR) is 59.8 cm³/mol. The van der Waals surface area contributed by atoms with Gasteiger partial charge in [0.05, 0.1) is 13.2 Å². The maximum atomic E-state index is 11.1. The Morgan fingerprint density at radius 2 is 1.82 bits per heavy atom. The van der Waals surface area contributed by atoms with Gasteiger partial charge in [0.1, 0.15) is 6.10 Å². The second-order valence-corrected chi connectivity index (χ2v) is 4.89. The lowest BCUT2D eigenvalue weighted by Crippen LogP contribution is -2.24. The average Bonchev–Trinajstić information content (AvgIpc) is 2.28.